The molecule has 0 radical (unpaired) electrons. The van der Waals surface area contributed by atoms with Gasteiger partial charge in [-0.25, -0.2) is 0 Å². The van der Waals surface area contributed by atoms with Gasteiger partial charge in [-0.1, -0.05) is 18.2 Å². The second-order valence-electron chi connectivity index (χ2n) is 3.77. The zero-order chi connectivity index (χ0) is 9.80. The van der Waals surface area contributed by atoms with E-state index in [1.165, 1.54) is 25.9 Å². The minimum atomic E-state index is 0.208. The molecule has 2 rings (SSSR count). The fraction of sp³-hybridized carbons (Fsp3) is 0.500. The second-order valence-corrected chi connectivity index (χ2v) is 3.77. The van der Waals surface area contributed by atoms with Gasteiger partial charge in [-0.15, -0.1) is 0 Å². The topological polar surface area (TPSA) is 12.5 Å². The van der Waals surface area contributed by atoms with Gasteiger partial charge in [0.1, 0.15) is 12.0 Å². The Kier molecular flexibility index (Phi) is 3.04. The number of likely N-dealkylation sites (tertiary alicyclic amines) is 1. The molecule has 14 heavy (non-hydrogen) atoms. The number of benzene rings is 1. The summed E-state index contributed by atoms with van der Waals surface area (Å²) < 4.78 is 5.82. The Bertz CT molecular complexity index is 267. The summed E-state index contributed by atoms with van der Waals surface area (Å²) in [7, 11) is 0. The number of ether oxygens (including phenoxy) is 1. The molecule has 1 atom stereocenters. The predicted molar refractivity (Wildman–Crippen MR) is 57.3 cm³/mol. The van der Waals surface area contributed by atoms with Gasteiger partial charge in [0, 0.05) is 13.1 Å². The van der Waals surface area contributed by atoms with Gasteiger partial charge in [0.15, 0.2) is 0 Å². The van der Waals surface area contributed by atoms with E-state index in [1.807, 2.05) is 30.3 Å². The first-order chi connectivity index (χ1) is 6.86. The van der Waals surface area contributed by atoms with Gasteiger partial charge in [0.25, 0.3) is 0 Å². The molecule has 0 aliphatic carbocycles. The molecular formula is C12H17NO. The van der Waals surface area contributed by atoms with E-state index in [-0.39, 0.29) is 6.23 Å². The van der Waals surface area contributed by atoms with Crippen molar-refractivity contribution in [3.63, 3.8) is 0 Å². The Balaban J connectivity index is 1.90. The lowest BCUT2D eigenvalue weighted by Crippen LogP contribution is -2.34. The maximum absolute atomic E-state index is 5.82. The summed E-state index contributed by atoms with van der Waals surface area (Å²) in [6.45, 7) is 4.47. The molecule has 2 heteroatoms. The summed E-state index contributed by atoms with van der Waals surface area (Å²) >= 11 is 0. The minimum absolute atomic E-state index is 0.208. The molecule has 1 unspecified atom stereocenters. The third-order valence-corrected chi connectivity index (χ3v) is 2.70. The second kappa shape index (κ2) is 4.47. The van der Waals surface area contributed by atoms with Gasteiger partial charge >= 0.3 is 0 Å². The van der Waals surface area contributed by atoms with Crippen LogP contribution in [0.25, 0.3) is 0 Å². The highest BCUT2D eigenvalue weighted by Gasteiger charge is 2.18. The van der Waals surface area contributed by atoms with E-state index in [9.17, 15) is 0 Å². The van der Waals surface area contributed by atoms with Crippen LogP contribution in [0.5, 0.6) is 5.75 Å². The van der Waals surface area contributed by atoms with Crippen LogP contribution in [0.2, 0.25) is 0 Å². The predicted octanol–water partition coefficient (Wildman–Crippen LogP) is 2.51. The molecule has 2 nitrogen and oxygen atoms in total. The first kappa shape index (κ1) is 9.53. The minimum Gasteiger partial charge on any atom is -0.475 e. The van der Waals surface area contributed by atoms with Gasteiger partial charge < -0.3 is 4.74 Å². The number of hydrogen-bond acceptors (Lipinski definition) is 2. The number of para-hydroxylation sites is 1. The fourth-order valence-corrected chi connectivity index (χ4v) is 1.88. The Hall–Kier alpha value is -1.02. The van der Waals surface area contributed by atoms with Crippen molar-refractivity contribution in [2.24, 2.45) is 0 Å². The van der Waals surface area contributed by atoms with Crippen LogP contribution in [0.15, 0.2) is 30.3 Å². The van der Waals surface area contributed by atoms with Gasteiger partial charge in [-0.2, -0.15) is 0 Å². The molecule has 1 fully saturated rings. The van der Waals surface area contributed by atoms with Crippen molar-refractivity contribution < 1.29 is 4.74 Å². The number of hydrogen-bond donors (Lipinski definition) is 0. The third kappa shape index (κ3) is 2.26. The summed E-state index contributed by atoms with van der Waals surface area (Å²) in [6.07, 6.45) is 2.82. The fourth-order valence-electron chi connectivity index (χ4n) is 1.88. The lowest BCUT2D eigenvalue weighted by Gasteiger charge is -2.24. The Morgan fingerprint density at radius 2 is 1.79 bits per heavy atom. The summed E-state index contributed by atoms with van der Waals surface area (Å²) in [6, 6.07) is 10.0. The average molecular weight is 191 g/mol. The quantitative estimate of drug-likeness (QED) is 0.728. The van der Waals surface area contributed by atoms with E-state index in [2.05, 4.69) is 11.8 Å². The summed E-state index contributed by atoms with van der Waals surface area (Å²) in [4.78, 5) is 2.38. The molecular weight excluding hydrogens is 174 g/mol. The zero-order valence-electron chi connectivity index (χ0n) is 8.65. The van der Waals surface area contributed by atoms with Crippen molar-refractivity contribution in [3.05, 3.63) is 30.3 Å². The van der Waals surface area contributed by atoms with Gasteiger partial charge in [0.2, 0.25) is 0 Å². The molecule has 1 saturated heterocycles. The maximum Gasteiger partial charge on any atom is 0.149 e. The first-order valence-corrected chi connectivity index (χ1v) is 5.32. The number of nitrogens with zero attached hydrogens (tertiary/aromatic N) is 1. The van der Waals surface area contributed by atoms with Crippen molar-refractivity contribution >= 4 is 0 Å². The van der Waals surface area contributed by atoms with E-state index in [4.69, 9.17) is 4.74 Å². The monoisotopic (exact) mass is 191 g/mol. The third-order valence-electron chi connectivity index (χ3n) is 2.70. The van der Waals surface area contributed by atoms with Crippen LogP contribution < -0.4 is 4.74 Å². The van der Waals surface area contributed by atoms with Crippen molar-refractivity contribution in [2.45, 2.75) is 26.0 Å². The molecule has 76 valence electrons. The summed E-state index contributed by atoms with van der Waals surface area (Å²) in [5.74, 6) is 0.965. The van der Waals surface area contributed by atoms with Crippen LogP contribution in [0.1, 0.15) is 19.8 Å². The Morgan fingerprint density at radius 3 is 2.43 bits per heavy atom. The van der Waals surface area contributed by atoms with E-state index in [0.717, 1.165) is 5.75 Å². The van der Waals surface area contributed by atoms with Crippen molar-refractivity contribution in [1.29, 1.82) is 0 Å². The normalized spacial score (nSPS) is 19.5. The van der Waals surface area contributed by atoms with Crippen LogP contribution in [-0.2, 0) is 0 Å². The van der Waals surface area contributed by atoms with Crippen molar-refractivity contribution in [3.8, 4) is 5.75 Å². The molecule has 1 heterocycles. The van der Waals surface area contributed by atoms with Gasteiger partial charge in [-0.3, -0.25) is 4.90 Å². The van der Waals surface area contributed by atoms with E-state index < -0.39 is 0 Å². The van der Waals surface area contributed by atoms with Crippen LogP contribution >= 0.6 is 0 Å². The summed E-state index contributed by atoms with van der Waals surface area (Å²) in [5, 5.41) is 0. The van der Waals surface area contributed by atoms with E-state index >= 15 is 0 Å². The zero-order valence-corrected chi connectivity index (χ0v) is 8.65. The highest BCUT2D eigenvalue weighted by Crippen LogP contribution is 2.16. The van der Waals surface area contributed by atoms with Crippen molar-refractivity contribution in [1.82, 2.24) is 4.90 Å². The van der Waals surface area contributed by atoms with Crippen molar-refractivity contribution in [2.75, 3.05) is 13.1 Å². The lowest BCUT2D eigenvalue weighted by atomic mass is 10.3. The Labute approximate surface area is 85.5 Å². The first-order valence-electron chi connectivity index (χ1n) is 5.32. The number of rotatable bonds is 3. The lowest BCUT2D eigenvalue weighted by molar-refractivity contribution is 0.0592. The van der Waals surface area contributed by atoms with Crippen LogP contribution in [-0.4, -0.2) is 24.2 Å². The van der Waals surface area contributed by atoms with E-state index in [1.54, 1.807) is 0 Å². The molecule has 0 N–H and O–H groups in total. The molecule has 1 aromatic rings. The molecule has 0 saturated carbocycles. The average Bonchev–Trinajstić information content (AvgIpc) is 2.72. The standard InChI is InChI=1S/C12H17NO/c1-11(13-9-5-6-10-13)14-12-7-3-2-4-8-12/h2-4,7-8,11H,5-6,9-10H2,1H3. The largest absolute Gasteiger partial charge is 0.475 e. The van der Waals surface area contributed by atoms with Gasteiger partial charge in [0.05, 0.1) is 0 Å². The molecule has 0 amide bonds. The Morgan fingerprint density at radius 1 is 1.14 bits per heavy atom. The van der Waals surface area contributed by atoms with E-state index in [0.29, 0.717) is 0 Å². The molecule has 1 aliphatic rings. The molecule has 1 aromatic carbocycles. The highest BCUT2D eigenvalue weighted by molar-refractivity contribution is 5.21. The molecule has 0 aromatic heterocycles. The highest BCUT2D eigenvalue weighted by atomic mass is 16.5. The molecule has 1 aliphatic heterocycles. The summed E-state index contributed by atoms with van der Waals surface area (Å²) in [5.41, 5.74) is 0. The smallest absolute Gasteiger partial charge is 0.149 e. The van der Waals surface area contributed by atoms with Gasteiger partial charge in [-0.05, 0) is 31.9 Å². The SMILES string of the molecule is CC(Oc1ccccc1)N1CCCC1. The molecule has 0 bridgehead atoms. The van der Waals surface area contributed by atoms with Crippen LogP contribution in [0.3, 0.4) is 0 Å². The van der Waals surface area contributed by atoms with Crippen LogP contribution in [0, 0.1) is 0 Å². The van der Waals surface area contributed by atoms with Crippen LogP contribution in [0.4, 0.5) is 0 Å². The molecule has 0 spiro atoms. The maximum atomic E-state index is 5.82.